The van der Waals surface area contributed by atoms with Crippen molar-refractivity contribution in [3.63, 3.8) is 0 Å². The van der Waals surface area contributed by atoms with Gasteiger partial charge in [-0.05, 0) is 80.0 Å². The molecule has 0 spiro atoms. The average molecular weight is 602 g/mol. The van der Waals surface area contributed by atoms with Crippen molar-refractivity contribution in [3.05, 3.63) is 70.9 Å². The predicted octanol–water partition coefficient (Wildman–Crippen LogP) is 5.88. The van der Waals surface area contributed by atoms with E-state index < -0.39 is 19.7 Å². The number of aromatic nitrogens is 2. The Labute approximate surface area is 242 Å². The van der Waals surface area contributed by atoms with Crippen molar-refractivity contribution >= 4 is 41.2 Å². The number of esters is 1. The number of anilines is 1. The van der Waals surface area contributed by atoms with Crippen molar-refractivity contribution in [1.82, 2.24) is 9.97 Å². The summed E-state index contributed by atoms with van der Waals surface area (Å²) in [5.74, 6) is 0.628. The number of ether oxygens (including phenoxy) is 2. The third-order valence-electron chi connectivity index (χ3n) is 6.95. The summed E-state index contributed by atoms with van der Waals surface area (Å²) in [7, 11) is -5.49. The lowest BCUT2D eigenvalue weighted by molar-refractivity contribution is -0.143. The second-order valence-corrected chi connectivity index (χ2v) is 11.9. The van der Waals surface area contributed by atoms with Crippen LogP contribution in [0, 0.1) is 6.92 Å². The number of benzene rings is 2. The highest BCUT2D eigenvalue weighted by Crippen LogP contribution is 2.55. The lowest BCUT2D eigenvalue weighted by Gasteiger charge is -2.17. The van der Waals surface area contributed by atoms with Crippen LogP contribution in [0.15, 0.2) is 48.7 Å². The number of hydrogen-bond donors (Lipinski definition) is 3. The van der Waals surface area contributed by atoms with Gasteiger partial charge in [0.05, 0.1) is 18.7 Å². The average Bonchev–Trinajstić information content (AvgIpc) is 2.93. The lowest BCUT2D eigenvalue weighted by Crippen LogP contribution is -2.17. The van der Waals surface area contributed by atoms with E-state index in [0.29, 0.717) is 43.0 Å². The van der Waals surface area contributed by atoms with Gasteiger partial charge in [-0.1, -0.05) is 24.3 Å². The first-order valence-corrected chi connectivity index (χ1v) is 15.3. The number of carbonyl (C=O) groups excluding carboxylic acids is 1. The molecule has 0 radical (unpaired) electrons. The Bertz CT molecular complexity index is 1640. The fourth-order valence-electron chi connectivity index (χ4n) is 4.70. The summed E-state index contributed by atoms with van der Waals surface area (Å²) in [6.07, 6.45) is 2.90. The maximum atomic E-state index is 13.4. The van der Waals surface area contributed by atoms with E-state index in [1.54, 1.807) is 19.2 Å². The van der Waals surface area contributed by atoms with E-state index in [-0.39, 0.29) is 19.0 Å². The number of rotatable bonds is 13. The quantitative estimate of drug-likeness (QED) is 0.0740. The normalized spacial score (nSPS) is 12.1. The van der Waals surface area contributed by atoms with Gasteiger partial charge in [0.15, 0.2) is 5.82 Å². The van der Waals surface area contributed by atoms with E-state index in [2.05, 4.69) is 16.0 Å². The molecule has 0 saturated heterocycles. The largest absolute Gasteiger partial charge is 0.493 e. The Morgan fingerprint density at radius 3 is 2.45 bits per heavy atom. The fraction of sp³-hybridized carbons (Fsp3) is 0.367. The third kappa shape index (κ3) is 7.59. The molecular formula is C30H34F2N3O6P. The van der Waals surface area contributed by atoms with Crippen LogP contribution < -0.4 is 10.5 Å². The van der Waals surface area contributed by atoms with Crippen LogP contribution in [0.5, 0.6) is 5.75 Å². The Morgan fingerprint density at radius 2 is 1.74 bits per heavy atom. The minimum absolute atomic E-state index is 0.0859. The van der Waals surface area contributed by atoms with Crippen LogP contribution in [0.2, 0.25) is 0 Å². The maximum absolute atomic E-state index is 13.4. The highest BCUT2D eigenvalue weighted by atomic mass is 31.2. The summed E-state index contributed by atoms with van der Waals surface area (Å²) in [5.41, 5.74) is 7.40. The lowest BCUT2D eigenvalue weighted by atomic mass is 10.0. The van der Waals surface area contributed by atoms with E-state index >= 15 is 0 Å². The van der Waals surface area contributed by atoms with Gasteiger partial charge in [-0.2, -0.15) is 8.78 Å². The Morgan fingerprint density at radius 1 is 1.02 bits per heavy atom. The Kier molecular flexibility index (Phi) is 9.76. The number of fused-ring (bicyclic) bond motifs is 3. The summed E-state index contributed by atoms with van der Waals surface area (Å²) < 4.78 is 48.3. The monoisotopic (exact) mass is 601 g/mol. The molecule has 4 aromatic rings. The molecule has 224 valence electrons. The van der Waals surface area contributed by atoms with Crippen molar-refractivity contribution in [1.29, 1.82) is 0 Å². The van der Waals surface area contributed by atoms with Crippen molar-refractivity contribution in [2.75, 3.05) is 18.9 Å². The van der Waals surface area contributed by atoms with Gasteiger partial charge in [0.2, 0.25) is 0 Å². The molecule has 0 aliphatic heterocycles. The highest BCUT2D eigenvalue weighted by molar-refractivity contribution is 7.53. The number of carbonyl (C=O) groups is 1. The second kappa shape index (κ2) is 13.1. The first-order chi connectivity index (χ1) is 19.9. The number of hydrogen-bond acceptors (Lipinski definition) is 7. The SMILES string of the molecule is CCOC(=O)CCc1ccc2c(c1)nc(N)c1ncc(CCc3ccc(OCCCC(F)(F)P(=O)(O)O)c(C)c3)cc12. The maximum Gasteiger partial charge on any atom is 0.394 e. The second-order valence-electron chi connectivity index (χ2n) is 10.2. The number of pyridine rings is 2. The molecule has 2 heterocycles. The molecule has 2 aromatic carbocycles. The molecule has 0 atom stereocenters. The van der Waals surface area contributed by atoms with Crippen LogP contribution in [0.3, 0.4) is 0 Å². The first-order valence-electron chi connectivity index (χ1n) is 13.7. The van der Waals surface area contributed by atoms with E-state index in [1.807, 2.05) is 37.3 Å². The van der Waals surface area contributed by atoms with Crippen molar-refractivity contribution < 1.29 is 37.4 Å². The molecule has 0 aliphatic rings. The number of alkyl halides is 2. The predicted molar refractivity (Wildman–Crippen MR) is 157 cm³/mol. The van der Waals surface area contributed by atoms with Gasteiger partial charge in [0.25, 0.3) is 0 Å². The summed E-state index contributed by atoms with van der Waals surface area (Å²) in [6, 6.07) is 13.6. The van der Waals surface area contributed by atoms with Crippen LogP contribution in [-0.4, -0.2) is 44.6 Å². The molecule has 12 heteroatoms. The molecule has 0 aliphatic carbocycles. The zero-order valence-electron chi connectivity index (χ0n) is 23.5. The summed E-state index contributed by atoms with van der Waals surface area (Å²) in [5, 5.41) is 1.82. The minimum Gasteiger partial charge on any atom is -0.493 e. The summed E-state index contributed by atoms with van der Waals surface area (Å²) >= 11 is 0. The van der Waals surface area contributed by atoms with E-state index in [9.17, 15) is 18.1 Å². The molecule has 4 N–H and O–H groups in total. The number of aryl methyl sites for hydroxylation is 4. The molecule has 0 amide bonds. The summed E-state index contributed by atoms with van der Waals surface area (Å²) in [6.45, 7) is 3.90. The summed E-state index contributed by atoms with van der Waals surface area (Å²) in [4.78, 5) is 38.3. The molecule has 0 fully saturated rings. The minimum atomic E-state index is -5.49. The molecule has 0 unspecified atom stereocenters. The Hall–Kier alpha value is -3.66. The molecule has 2 aromatic heterocycles. The standard InChI is InChI=1S/C30H34F2N3O6P/c1-3-40-27(36)12-9-21-7-10-23-24-16-22(18-34-28(24)29(33)35-25(23)17-21)6-5-20-8-11-26(19(2)15-20)41-14-4-13-30(31,32)42(37,38)39/h7-8,10-11,15-18H,3-6,9,12-14H2,1-2H3,(H2,33,35)(H2,37,38,39). The zero-order valence-corrected chi connectivity index (χ0v) is 24.4. The van der Waals surface area contributed by atoms with Gasteiger partial charge < -0.3 is 25.0 Å². The van der Waals surface area contributed by atoms with Gasteiger partial charge in [0.1, 0.15) is 11.3 Å². The van der Waals surface area contributed by atoms with Crippen molar-refractivity contribution in [2.45, 2.75) is 58.0 Å². The van der Waals surface area contributed by atoms with Crippen molar-refractivity contribution in [2.24, 2.45) is 0 Å². The van der Waals surface area contributed by atoms with Gasteiger partial charge in [0, 0.05) is 29.8 Å². The van der Waals surface area contributed by atoms with Gasteiger partial charge in [-0.15, -0.1) is 0 Å². The molecular weight excluding hydrogens is 567 g/mol. The van der Waals surface area contributed by atoms with Crippen LogP contribution in [-0.2, 0) is 33.4 Å². The van der Waals surface area contributed by atoms with E-state index in [1.165, 1.54) is 0 Å². The van der Waals surface area contributed by atoms with E-state index in [0.717, 1.165) is 45.0 Å². The Balaban J connectivity index is 1.41. The van der Waals surface area contributed by atoms with Gasteiger partial charge >= 0.3 is 19.2 Å². The molecule has 9 nitrogen and oxygen atoms in total. The third-order valence-corrected chi connectivity index (χ3v) is 8.03. The number of nitrogens with zero attached hydrogens (tertiary/aromatic N) is 2. The fourth-order valence-corrected chi connectivity index (χ4v) is 5.15. The van der Waals surface area contributed by atoms with Gasteiger partial charge in [-0.3, -0.25) is 14.3 Å². The van der Waals surface area contributed by atoms with Gasteiger partial charge in [-0.25, -0.2) is 4.98 Å². The van der Waals surface area contributed by atoms with Crippen LogP contribution in [0.1, 0.15) is 48.4 Å². The topological polar surface area (TPSA) is 145 Å². The number of halogens is 2. The van der Waals surface area contributed by atoms with Crippen molar-refractivity contribution in [3.8, 4) is 5.75 Å². The molecule has 0 bridgehead atoms. The van der Waals surface area contributed by atoms with Crippen LogP contribution >= 0.6 is 7.60 Å². The zero-order chi connectivity index (χ0) is 30.5. The van der Waals surface area contributed by atoms with Crippen LogP contribution in [0.4, 0.5) is 14.6 Å². The highest BCUT2D eigenvalue weighted by Gasteiger charge is 2.47. The first kappa shape index (κ1) is 31.3. The number of nitrogen functional groups attached to an aromatic ring is 1. The number of nitrogens with two attached hydrogens (primary N) is 1. The molecule has 42 heavy (non-hydrogen) atoms. The molecule has 4 rings (SSSR count). The van der Waals surface area contributed by atoms with E-state index in [4.69, 9.17) is 25.0 Å². The smallest absolute Gasteiger partial charge is 0.394 e. The molecule has 0 saturated carbocycles. The van der Waals surface area contributed by atoms with Crippen LogP contribution in [0.25, 0.3) is 21.8 Å².